The first kappa shape index (κ1) is 18.6. The maximum Gasteiger partial charge on any atom is 0.206 e. The third kappa shape index (κ3) is 4.65. The van der Waals surface area contributed by atoms with Gasteiger partial charge in [0, 0.05) is 25.3 Å². The quantitative estimate of drug-likeness (QED) is 0.426. The van der Waals surface area contributed by atoms with Gasteiger partial charge in [-0.25, -0.2) is 13.1 Å². The highest BCUT2D eigenvalue weighted by atomic mass is 35.5. The van der Waals surface area contributed by atoms with E-state index in [9.17, 15) is 13.6 Å². The molecule has 0 amide bonds. The molecule has 0 N–H and O–H groups in total. The van der Waals surface area contributed by atoms with Gasteiger partial charge in [0.2, 0.25) is 6.20 Å². The smallest absolute Gasteiger partial charge is 0.206 e. The van der Waals surface area contributed by atoms with Crippen molar-refractivity contribution in [2.75, 3.05) is 23.5 Å². The van der Waals surface area contributed by atoms with Crippen LogP contribution in [0.4, 0.5) is 5.69 Å². The summed E-state index contributed by atoms with van der Waals surface area (Å²) in [5, 5.41) is 15.8. The number of nitrogens with zero attached hydrogens (tertiary/aromatic N) is 4. The summed E-state index contributed by atoms with van der Waals surface area (Å²) in [5.41, 5.74) is 1.12. The fourth-order valence-corrected chi connectivity index (χ4v) is 3.38. The van der Waals surface area contributed by atoms with Crippen LogP contribution in [0.3, 0.4) is 0 Å². The molecule has 0 bridgehead atoms. The van der Waals surface area contributed by atoms with Crippen LogP contribution in [0.25, 0.3) is 5.69 Å². The van der Waals surface area contributed by atoms with Crippen molar-refractivity contribution < 1.29 is 13.1 Å². The van der Waals surface area contributed by atoms with Gasteiger partial charge >= 0.3 is 0 Å². The number of hydrogen-bond donors (Lipinski definition) is 0. The lowest BCUT2D eigenvalue weighted by atomic mass is 10.3. The zero-order valence-corrected chi connectivity index (χ0v) is 15.6. The first-order valence-electron chi connectivity index (χ1n) is 7.13. The molecule has 0 unspecified atom stereocenters. The molecule has 24 heavy (non-hydrogen) atoms. The molecule has 0 fully saturated rings. The Kier molecular flexibility index (Phi) is 5.79. The van der Waals surface area contributed by atoms with Crippen molar-refractivity contribution in [3.63, 3.8) is 0 Å². The van der Waals surface area contributed by atoms with Gasteiger partial charge in [-0.2, -0.15) is 9.83 Å². The summed E-state index contributed by atoms with van der Waals surface area (Å²) in [5.74, 6) is -0.0248. The fourth-order valence-electron chi connectivity index (χ4n) is 2.12. The lowest BCUT2D eigenvalue weighted by molar-refractivity contribution is -0.605. The van der Waals surface area contributed by atoms with E-state index in [-0.39, 0.29) is 17.3 Å². The van der Waals surface area contributed by atoms with Gasteiger partial charge in [-0.05, 0) is 13.0 Å². The Balaban J connectivity index is 2.28. The van der Waals surface area contributed by atoms with E-state index in [1.165, 1.54) is 23.3 Å². The maximum absolute atomic E-state index is 11.4. The van der Waals surface area contributed by atoms with Gasteiger partial charge in [0.15, 0.2) is 11.3 Å². The predicted octanol–water partition coefficient (Wildman–Crippen LogP) is 1.75. The second-order valence-electron chi connectivity index (χ2n) is 5.19. The van der Waals surface area contributed by atoms with Crippen LogP contribution < -0.4 is 9.63 Å². The van der Waals surface area contributed by atoms with Crippen molar-refractivity contribution in [1.29, 1.82) is 0 Å². The molecule has 0 aliphatic carbocycles. The summed E-state index contributed by atoms with van der Waals surface area (Å²) in [4.78, 5) is 2.21. The normalized spacial score (nSPS) is 11.5. The van der Waals surface area contributed by atoms with E-state index in [1.807, 2.05) is 6.92 Å². The Bertz CT molecular complexity index is 851. The van der Waals surface area contributed by atoms with Crippen LogP contribution in [0.2, 0.25) is 5.15 Å². The van der Waals surface area contributed by atoms with E-state index in [1.54, 1.807) is 23.2 Å². The summed E-state index contributed by atoms with van der Waals surface area (Å²) in [6.07, 6.45) is 5.80. The van der Waals surface area contributed by atoms with Crippen LogP contribution >= 0.6 is 23.8 Å². The summed E-state index contributed by atoms with van der Waals surface area (Å²) < 4.78 is 24.8. The van der Waals surface area contributed by atoms with Gasteiger partial charge in [0.05, 0.1) is 22.6 Å². The monoisotopic (exact) mass is 388 g/mol. The number of rotatable bonds is 6. The number of aromatic nitrogens is 3. The fraction of sp³-hybridized carbons (Fsp3) is 0.357. The summed E-state index contributed by atoms with van der Waals surface area (Å²) in [7, 11) is -3.10. The van der Waals surface area contributed by atoms with Crippen LogP contribution in [0.15, 0.2) is 30.7 Å². The number of pyridine rings is 1. The van der Waals surface area contributed by atoms with Crippen molar-refractivity contribution in [2.24, 2.45) is 0 Å². The van der Waals surface area contributed by atoms with Crippen LogP contribution in [-0.4, -0.2) is 41.7 Å². The molecule has 0 aliphatic rings. The molecule has 0 aromatic carbocycles. The van der Waals surface area contributed by atoms with Gasteiger partial charge in [0.25, 0.3) is 0 Å². The van der Waals surface area contributed by atoms with E-state index in [0.717, 1.165) is 0 Å². The van der Waals surface area contributed by atoms with Gasteiger partial charge < -0.3 is 10.1 Å². The number of halogens is 1. The molecule has 0 aliphatic heterocycles. The summed E-state index contributed by atoms with van der Waals surface area (Å²) in [6.45, 7) is 2.40. The molecular formula is C14H17ClN4O3S2. The third-order valence-corrected chi connectivity index (χ3v) is 4.91. The Morgan fingerprint density at radius 2 is 2.25 bits per heavy atom. The largest absolute Gasteiger partial charge is 0.619 e. The molecule has 0 atom stereocenters. The molecule has 2 aromatic rings. The molecule has 2 heterocycles. The number of thiocarbonyl (C=S) groups is 1. The average molecular weight is 389 g/mol. The average Bonchev–Trinajstić information content (AvgIpc) is 2.87. The van der Waals surface area contributed by atoms with Crippen LogP contribution in [0, 0.1) is 5.21 Å². The van der Waals surface area contributed by atoms with Crippen molar-refractivity contribution in [1.82, 2.24) is 9.78 Å². The van der Waals surface area contributed by atoms with E-state index >= 15 is 0 Å². The van der Waals surface area contributed by atoms with Crippen molar-refractivity contribution in [3.05, 3.63) is 41.1 Å². The Hall–Kier alpha value is -1.71. The van der Waals surface area contributed by atoms with Crippen LogP contribution in [-0.2, 0) is 9.84 Å². The second-order valence-corrected chi connectivity index (χ2v) is 8.28. The minimum Gasteiger partial charge on any atom is -0.619 e. The van der Waals surface area contributed by atoms with Crippen molar-refractivity contribution in [2.45, 2.75) is 13.3 Å². The zero-order valence-electron chi connectivity index (χ0n) is 13.2. The van der Waals surface area contributed by atoms with Gasteiger partial charge in [-0.1, -0.05) is 23.8 Å². The first-order chi connectivity index (χ1) is 11.2. The Morgan fingerprint density at radius 3 is 2.83 bits per heavy atom. The summed E-state index contributed by atoms with van der Waals surface area (Å²) in [6, 6.07) is 3.33. The van der Waals surface area contributed by atoms with Crippen molar-refractivity contribution >= 4 is 44.3 Å². The highest BCUT2D eigenvalue weighted by molar-refractivity contribution is 7.90. The molecule has 2 aromatic heterocycles. The SMILES string of the molecule is CCN(C(=S)CCS(C)(=O)=O)c1cn(-c2ccc[n+]([O-])c2)nc1Cl. The second kappa shape index (κ2) is 7.45. The van der Waals surface area contributed by atoms with E-state index in [0.29, 0.717) is 27.6 Å². The topological polar surface area (TPSA) is 82.1 Å². The third-order valence-electron chi connectivity index (χ3n) is 3.27. The molecule has 130 valence electrons. The highest BCUT2D eigenvalue weighted by Gasteiger charge is 2.19. The maximum atomic E-state index is 11.4. The Labute approximate surface area is 151 Å². The molecule has 0 saturated heterocycles. The Morgan fingerprint density at radius 1 is 1.54 bits per heavy atom. The molecule has 2 rings (SSSR count). The first-order valence-corrected chi connectivity index (χ1v) is 9.98. The standard InChI is InChI=1S/C14H17ClN4O3S2/c1-3-18(13(23)6-8-24(2,21)22)12-10-19(16-14(12)15)11-5-4-7-17(20)9-11/h4-5,7,9-10H,3,6,8H2,1-2H3. The predicted molar refractivity (Wildman–Crippen MR) is 97.5 cm³/mol. The van der Waals surface area contributed by atoms with Gasteiger partial charge in [0.1, 0.15) is 15.5 Å². The lowest BCUT2D eigenvalue weighted by Crippen LogP contribution is -2.30. The molecular weight excluding hydrogens is 372 g/mol. The van der Waals surface area contributed by atoms with Crippen molar-refractivity contribution in [3.8, 4) is 5.69 Å². The van der Waals surface area contributed by atoms with Crippen LogP contribution in [0.1, 0.15) is 13.3 Å². The molecule has 10 heteroatoms. The number of sulfone groups is 1. The summed E-state index contributed by atoms with van der Waals surface area (Å²) >= 11 is 11.5. The molecule has 0 spiro atoms. The highest BCUT2D eigenvalue weighted by Crippen LogP contribution is 2.26. The number of hydrogen-bond acceptors (Lipinski definition) is 5. The minimum atomic E-state index is -3.10. The van der Waals surface area contributed by atoms with Gasteiger partial charge in [-0.3, -0.25) is 0 Å². The lowest BCUT2D eigenvalue weighted by Gasteiger charge is -2.22. The molecule has 0 radical (unpaired) electrons. The minimum absolute atomic E-state index is 0.0248. The molecule has 7 nitrogen and oxygen atoms in total. The zero-order chi connectivity index (χ0) is 17.9. The van der Waals surface area contributed by atoms with Gasteiger partial charge in [-0.15, -0.1) is 0 Å². The van der Waals surface area contributed by atoms with Crippen LogP contribution in [0.5, 0.6) is 0 Å². The van der Waals surface area contributed by atoms with E-state index in [4.69, 9.17) is 23.8 Å². The molecule has 0 saturated carbocycles. The number of anilines is 1. The van der Waals surface area contributed by atoms with E-state index < -0.39 is 9.84 Å². The van der Waals surface area contributed by atoms with E-state index in [2.05, 4.69) is 5.10 Å².